The van der Waals surface area contributed by atoms with Crippen LogP contribution in [-0.4, -0.2) is 47.9 Å². The zero-order chi connectivity index (χ0) is 11.0. The van der Waals surface area contributed by atoms with E-state index in [1.807, 2.05) is 6.92 Å². The van der Waals surface area contributed by atoms with Crippen molar-refractivity contribution in [2.45, 2.75) is 18.9 Å². The standard InChI is InChI=1S/C10H15N3O2S/c1-8-11-9(16-12-8)13-3-5-15-10(6-13)2-4-14-7-10/h2-7H2,1H3. The minimum atomic E-state index is -0.0994. The van der Waals surface area contributed by atoms with Crippen LogP contribution in [-0.2, 0) is 9.47 Å². The van der Waals surface area contributed by atoms with Gasteiger partial charge in [-0.3, -0.25) is 0 Å². The highest BCUT2D eigenvalue weighted by Gasteiger charge is 2.41. The van der Waals surface area contributed by atoms with E-state index in [1.165, 1.54) is 11.5 Å². The Balaban J connectivity index is 1.77. The van der Waals surface area contributed by atoms with Gasteiger partial charge < -0.3 is 14.4 Å². The first-order valence-electron chi connectivity index (χ1n) is 5.54. The van der Waals surface area contributed by atoms with Crippen LogP contribution >= 0.6 is 11.5 Å². The van der Waals surface area contributed by atoms with Crippen molar-refractivity contribution in [1.82, 2.24) is 9.36 Å². The van der Waals surface area contributed by atoms with Gasteiger partial charge in [-0.25, -0.2) is 4.98 Å². The summed E-state index contributed by atoms with van der Waals surface area (Å²) in [5.74, 6) is 0.850. The maximum atomic E-state index is 5.87. The summed E-state index contributed by atoms with van der Waals surface area (Å²) < 4.78 is 15.5. The van der Waals surface area contributed by atoms with Crippen molar-refractivity contribution in [2.24, 2.45) is 0 Å². The molecule has 1 aromatic rings. The summed E-state index contributed by atoms with van der Waals surface area (Å²) in [5, 5.41) is 1.01. The van der Waals surface area contributed by atoms with Crippen LogP contribution in [0.1, 0.15) is 12.2 Å². The van der Waals surface area contributed by atoms with Gasteiger partial charge in [0.2, 0.25) is 5.13 Å². The molecule has 0 aliphatic carbocycles. The fourth-order valence-corrected chi connectivity index (χ4v) is 2.95. The van der Waals surface area contributed by atoms with Crippen LogP contribution in [0.25, 0.3) is 0 Å². The number of anilines is 1. The lowest BCUT2D eigenvalue weighted by molar-refractivity contribution is -0.0579. The molecule has 6 heteroatoms. The first-order valence-corrected chi connectivity index (χ1v) is 6.32. The Morgan fingerprint density at radius 1 is 1.44 bits per heavy atom. The second-order valence-electron chi connectivity index (χ2n) is 4.38. The Morgan fingerprint density at radius 3 is 3.06 bits per heavy atom. The summed E-state index contributed by atoms with van der Waals surface area (Å²) in [6, 6.07) is 0. The number of morpholine rings is 1. The lowest BCUT2D eigenvalue weighted by atomic mass is 10.0. The average Bonchev–Trinajstić information content (AvgIpc) is 2.89. The van der Waals surface area contributed by atoms with Crippen molar-refractivity contribution >= 4 is 16.7 Å². The maximum Gasteiger partial charge on any atom is 0.205 e. The highest BCUT2D eigenvalue weighted by atomic mass is 32.1. The second-order valence-corrected chi connectivity index (χ2v) is 5.11. The summed E-state index contributed by atoms with van der Waals surface area (Å²) in [6.45, 7) is 5.97. The fraction of sp³-hybridized carbons (Fsp3) is 0.800. The van der Waals surface area contributed by atoms with Crippen LogP contribution in [0.4, 0.5) is 5.13 Å². The Morgan fingerprint density at radius 2 is 2.38 bits per heavy atom. The molecule has 2 aliphatic rings. The van der Waals surface area contributed by atoms with E-state index < -0.39 is 0 Å². The molecule has 88 valence electrons. The van der Waals surface area contributed by atoms with E-state index in [1.54, 1.807) is 0 Å². The highest BCUT2D eigenvalue weighted by Crippen LogP contribution is 2.30. The lowest BCUT2D eigenvalue weighted by Gasteiger charge is -2.39. The minimum Gasteiger partial charge on any atom is -0.378 e. The SMILES string of the molecule is Cc1nsc(N2CCOC3(CCOC3)C2)n1. The molecular weight excluding hydrogens is 226 g/mol. The van der Waals surface area contributed by atoms with Gasteiger partial charge in [-0.15, -0.1) is 0 Å². The molecule has 1 unspecified atom stereocenters. The summed E-state index contributed by atoms with van der Waals surface area (Å²) in [6.07, 6.45) is 0.987. The molecule has 0 amide bonds. The molecule has 2 saturated heterocycles. The number of nitrogens with zero attached hydrogens (tertiary/aromatic N) is 3. The molecular formula is C10H15N3O2S. The molecule has 1 aromatic heterocycles. The van der Waals surface area contributed by atoms with Gasteiger partial charge in [0.15, 0.2) is 0 Å². The van der Waals surface area contributed by atoms with Crippen LogP contribution in [0.15, 0.2) is 0 Å². The van der Waals surface area contributed by atoms with Crippen molar-refractivity contribution in [1.29, 1.82) is 0 Å². The number of hydrogen-bond acceptors (Lipinski definition) is 6. The highest BCUT2D eigenvalue weighted by molar-refractivity contribution is 7.09. The number of aromatic nitrogens is 2. The number of ether oxygens (including phenoxy) is 2. The predicted octanol–water partition coefficient (Wildman–Crippen LogP) is 0.842. The third kappa shape index (κ3) is 1.81. The Hall–Kier alpha value is -0.720. The first-order chi connectivity index (χ1) is 7.77. The maximum absolute atomic E-state index is 5.87. The summed E-state index contributed by atoms with van der Waals surface area (Å²) in [5.41, 5.74) is -0.0994. The largest absolute Gasteiger partial charge is 0.378 e. The molecule has 2 aliphatic heterocycles. The number of hydrogen-bond donors (Lipinski definition) is 0. The van der Waals surface area contributed by atoms with Crippen molar-refractivity contribution in [3.63, 3.8) is 0 Å². The summed E-state index contributed by atoms with van der Waals surface area (Å²) in [4.78, 5) is 6.69. The van der Waals surface area contributed by atoms with Gasteiger partial charge >= 0.3 is 0 Å². The van der Waals surface area contributed by atoms with E-state index >= 15 is 0 Å². The molecule has 0 bridgehead atoms. The van der Waals surface area contributed by atoms with Crippen LogP contribution in [0.3, 0.4) is 0 Å². The first kappa shape index (κ1) is 10.4. The third-order valence-corrected chi connectivity index (χ3v) is 3.97. The molecule has 0 aromatic carbocycles. The molecule has 5 nitrogen and oxygen atoms in total. The molecule has 3 heterocycles. The van der Waals surface area contributed by atoms with Crippen molar-refractivity contribution in [3.8, 4) is 0 Å². The van der Waals surface area contributed by atoms with Gasteiger partial charge in [0.1, 0.15) is 11.4 Å². The van der Waals surface area contributed by atoms with Crippen molar-refractivity contribution in [2.75, 3.05) is 37.8 Å². The number of aryl methyl sites for hydroxylation is 1. The monoisotopic (exact) mass is 241 g/mol. The number of rotatable bonds is 1. The summed E-state index contributed by atoms with van der Waals surface area (Å²) in [7, 11) is 0. The van der Waals surface area contributed by atoms with E-state index in [0.717, 1.165) is 43.7 Å². The zero-order valence-corrected chi connectivity index (χ0v) is 10.1. The van der Waals surface area contributed by atoms with E-state index in [0.29, 0.717) is 6.61 Å². The van der Waals surface area contributed by atoms with Gasteiger partial charge in [0, 0.05) is 31.1 Å². The zero-order valence-electron chi connectivity index (χ0n) is 9.31. The Bertz CT molecular complexity index is 376. The Kier molecular flexibility index (Phi) is 2.57. The fourth-order valence-electron chi connectivity index (χ4n) is 2.25. The van der Waals surface area contributed by atoms with E-state index in [2.05, 4.69) is 14.3 Å². The Labute approximate surface area is 98.5 Å². The molecule has 0 saturated carbocycles. The molecule has 1 spiro atoms. The molecule has 0 N–H and O–H groups in total. The van der Waals surface area contributed by atoms with Crippen molar-refractivity contribution in [3.05, 3.63) is 5.82 Å². The average molecular weight is 241 g/mol. The molecule has 2 fully saturated rings. The predicted molar refractivity (Wildman–Crippen MR) is 61.0 cm³/mol. The van der Waals surface area contributed by atoms with Crippen LogP contribution < -0.4 is 4.90 Å². The molecule has 3 rings (SSSR count). The van der Waals surface area contributed by atoms with Gasteiger partial charge in [-0.2, -0.15) is 4.37 Å². The molecule has 0 radical (unpaired) electrons. The van der Waals surface area contributed by atoms with E-state index in [9.17, 15) is 0 Å². The van der Waals surface area contributed by atoms with Crippen LogP contribution in [0.5, 0.6) is 0 Å². The minimum absolute atomic E-state index is 0.0994. The second kappa shape index (κ2) is 3.94. The summed E-state index contributed by atoms with van der Waals surface area (Å²) >= 11 is 1.47. The lowest BCUT2D eigenvalue weighted by Crippen LogP contribution is -2.52. The van der Waals surface area contributed by atoms with Crippen molar-refractivity contribution < 1.29 is 9.47 Å². The molecule has 16 heavy (non-hydrogen) atoms. The third-order valence-electron chi connectivity index (χ3n) is 3.10. The van der Waals surface area contributed by atoms with Gasteiger partial charge in [0.05, 0.1) is 19.8 Å². The van der Waals surface area contributed by atoms with Crippen LogP contribution in [0.2, 0.25) is 0 Å². The van der Waals surface area contributed by atoms with Crippen LogP contribution in [0, 0.1) is 6.92 Å². The van der Waals surface area contributed by atoms with Gasteiger partial charge in [0.25, 0.3) is 0 Å². The normalized spacial score (nSPS) is 30.2. The smallest absolute Gasteiger partial charge is 0.205 e. The van der Waals surface area contributed by atoms with Gasteiger partial charge in [-0.1, -0.05) is 0 Å². The van der Waals surface area contributed by atoms with E-state index in [4.69, 9.17) is 9.47 Å². The van der Waals surface area contributed by atoms with E-state index in [-0.39, 0.29) is 5.60 Å². The topological polar surface area (TPSA) is 47.5 Å². The molecule has 1 atom stereocenters. The van der Waals surface area contributed by atoms with Gasteiger partial charge in [-0.05, 0) is 6.92 Å². The quantitative estimate of drug-likeness (QED) is 0.729.